The molecule has 0 aliphatic carbocycles. The number of nitrogens with zero attached hydrogens (tertiary/aromatic N) is 2. The van der Waals surface area contributed by atoms with Crippen LogP contribution in [0.4, 0.5) is 13.6 Å². The second-order valence-corrected chi connectivity index (χ2v) is 10.7. The minimum Gasteiger partial charge on any atom is -0.390 e. The number of β-amino-alcohol motifs (C(OH)–C–C–N with tert-alkyl or cyclic N) is 1. The zero-order chi connectivity index (χ0) is 27.4. The first-order chi connectivity index (χ1) is 18.2. The lowest BCUT2D eigenvalue weighted by Gasteiger charge is -2.44. The van der Waals surface area contributed by atoms with E-state index >= 15 is 8.78 Å². The first-order valence-corrected chi connectivity index (χ1v) is 13.5. The summed E-state index contributed by atoms with van der Waals surface area (Å²) in [6.45, 7) is 1.64. The van der Waals surface area contributed by atoms with Crippen LogP contribution < -0.4 is 5.73 Å². The Hall–Kier alpha value is -2.30. The molecule has 2 aromatic rings. The van der Waals surface area contributed by atoms with Gasteiger partial charge in [-0.15, -0.1) is 0 Å². The number of hydrogen-bond acceptors (Lipinski definition) is 5. The van der Waals surface area contributed by atoms with E-state index in [0.29, 0.717) is 38.8 Å². The molecule has 4 rings (SSSR count). The van der Waals surface area contributed by atoms with E-state index in [0.717, 1.165) is 0 Å². The number of urea groups is 1. The Morgan fingerprint density at radius 3 is 2.63 bits per heavy atom. The largest absolute Gasteiger partial charge is 0.390 e. The summed E-state index contributed by atoms with van der Waals surface area (Å²) in [5.41, 5.74) is 4.57. The fourth-order valence-corrected chi connectivity index (χ4v) is 5.94. The van der Waals surface area contributed by atoms with Crippen molar-refractivity contribution in [2.24, 2.45) is 11.7 Å². The normalized spacial score (nSPS) is 23.5. The molecule has 2 aliphatic rings. The van der Waals surface area contributed by atoms with Crippen LogP contribution in [0.25, 0.3) is 11.1 Å². The molecule has 0 radical (unpaired) electrons. The van der Waals surface area contributed by atoms with Crippen molar-refractivity contribution in [3.8, 4) is 11.1 Å². The quantitative estimate of drug-likeness (QED) is 0.429. The number of piperidine rings is 1. The Bertz CT molecular complexity index is 1130. The van der Waals surface area contributed by atoms with Crippen LogP contribution in [0.1, 0.15) is 37.7 Å². The van der Waals surface area contributed by atoms with E-state index in [1.165, 1.54) is 29.2 Å². The average Bonchev–Trinajstić information content (AvgIpc) is 3.25. The molecule has 0 aromatic heterocycles. The molecule has 38 heavy (non-hydrogen) atoms. The number of nitrogens with two attached hydrogens (primary N) is 1. The van der Waals surface area contributed by atoms with E-state index in [1.807, 2.05) is 0 Å². The maximum atomic E-state index is 15.4. The summed E-state index contributed by atoms with van der Waals surface area (Å²) < 4.78 is 35.7. The monoisotopic (exact) mass is 551 g/mol. The summed E-state index contributed by atoms with van der Waals surface area (Å²) >= 11 is 6.04. The molecule has 0 spiro atoms. The highest BCUT2D eigenvalue weighted by atomic mass is 35.5. The van der Waals surface area contributed by atoms with Gasteiger partial charge >= 0.3 is 6.03 Å². The number of carbonyl (C=O) groups excluding carboxylic acids is 1. The number of ether oxygens (including phenoxy) is 1. The lowest BCUT2D eigenvalue weighted by atomic mass is 9.72. The molecule has 2 fully saturated rings. The van der Waals surface area contributed by atoms with Gasteiger partial charge in [-0.05, 0) is 49.8 Å². The first-order valence-electron chi connectivity index (χ1n) is 13.1. The van der Waals surface area contributed by atoms with Gasteiger partial charge in [0.05, 0.1) is 16.7 Å². The van der Waals surface area contributed by atoms with Crippen LogP contribution in [-0.4, -0.2) is 78.1 Å². The first kappa shape index (κ1) is 28.7. The van der Waals surface area contributed by atoms with E-state index < -0.39 is 35.3 Å². The summed E-state index contributed by atoms with van der Waals surface area (Å²) in [6.07, 6.45) is 1.98. The molecular weight excluding hydrogens is 516 g/mol. The van der Waals surface area contributed by atoms with Gasteiger partial charge in [0.25, 0.3) is 0 Å². The maximum Gasteiger partial charge on any atom is 0.320 e. The number of methoxy groups -OCH3 is 1. The van der Waals surface area contributed by atoms with Crippen LogP contribution in [0.2, 0.25) is 5.02 Å². The Balaban J connectivity index is 1.71. The third-order valence-corrected chi connectivity index (χ3v) is 8.12. The topological polar surface area (TPSA) is 99.3 Å². The number of benzene rings is 2. The van der Waals surface area contributed by atoms with Crippen LogP contribution in [0.5, 0.6) is 0 Å². The minimum absolute atomic E-state index is 0.0234. The van der Waals surface area contributed by atoms with Gasteiger partial charge in [-0.3, -0.25) is 0 Å². The molecule has 4 N–H and O–H groups in total. The fourth-order valence-electron chi connectivity index (χ4n) is 5.76. The van der Waals surface area contributed by atoms with Crippen molar-refractivity contribution in [3.05, 3.63) is 58.6 Å². The molecule has 2 amide bonds. The van der Waals surface area contributed by atoms with Gasteiger partial charge in [0.2, 0.25) is 0 Å². The van der Waals surface area contributed by atoms with Crippen molar-refractivity contribution < 1.29 is 28.5 Å². The number of rotatable bonds is 8. The highest BCUT2D eigenvalue weighted by Crippen LogP contribution is 2.45. The molecule has 4 atom stereocenters. The van der Waals surface area contributed by atoms with Crippen LogP contribution >= 0.6 is 11.6 Å². The SMILES string of the molecule is COCCCC[C@@](O)(c1cccc(F)c1-c1cccc(Cl)c1F)C1CCCN(C(=O)N2C[C@@H](N)[C@@H](O)C2)C1. The lowest BCUT2D eigenvalue weighted by molar-refractivity contribution is -0.0573. The number of carbonyl (C=O) groups is 1. The third kappa shape index (κ3) is 5.82. The molecule has 7 nitrogen and oxygen atoms in total. The van der Waals surface area contributed by atoms with E-state index in [4.69, 9.17) is 22.1 Å². The van der Waals surface area contributed by atoms with Crippen molar-refractivity contribution in [2.45, 2.75) is 49.9 Å². The lowest BCUT2D eigenvalue weighted by Crippen LogP contribution is -2.52. The van der Waals surface area contributed by atoms with Crippen LogP contribution in [0, 0.1) is 17.6 Å². The summed E-state index contributed by atoms with van der Waals surface area (Å²) in [4.78, 5) is 16.5. The van der Waals surface area contributed by atoms with E-state index in [2.05, 4.69) is 0 Å². The molecule has 10 heteroatoms. The Morgan fingerprint density at radius 1 is 1.16 bits per heavy atom. The Kier molecular flexibility index (Phi) is 9.26. The number of hydrogen-bond donors (Lipinski definition) is 3. The van der Waals surface area contributed by atoms with Crippen LogP contribution in [0.15, 0.2) is 36.4 Å². The van der Waals surface area contributed by atoms with E-state index in [1.54, 1.807) is 24.1 Å². The van der Waals surface area contributed by atoms with Gasteiger partial charge < -0.3 is 30.5 Å². The fraction of sp³-hybridized carbons (Fsp3) is 0.536. The highest BCUT2D eigenvalue weighted by molar-refractivity contribution is 6.31. The molecule has 0 saturated carbocycles. The van der Waals surface area contributed by atoms with Gasteiger partial charge in [0, 0.05) is 63.0 Å². The Labute approximate surface area is 227 Å². The summed E-state index contributed by atoms with van der Waals surface area (Å²) in [7, 11) is 1.60. The van der Waals surface area contributed by atoms with Crippen molar-refractivity contribution in [1.82, 2.24) is 9.80 Å². The number of likely N-dealkylation sites (tertiary alicyclic amines) is 2. The summed E-state index contributed by atoms with van der Waals surface area (Å²) in [5.74, 6) is -1.86. The summed E-state index contributed by atoms with van der Waals surface area (Å²) in [6, 6.07) is 8.02. The number of unbranched alkanes of at least 4 members (excludes halogenated alkanes) is 1. The predicted octanol–water partition coefficient (Wildman–Crippen LogP) is 4.13. The van der Waals surface area contributed by atoms with Gasteiger partial charge in [-0.25, -0.2) is 13.6 Å². The molecule has 2 aliphatic heterocycles. The standard InChI is InChI=1S/C28H36ClF2N3O4/c1-38-14-3-2-12-28(37,18-7-6-13-33(15-18)27(36)34-16-23(32)24(35)17-34)20-9-5-11-22(30)25(20)19-8-4-10-21(29)26(19)31/h4-5,8-11,18,23-24,35,37H,2-3,6-7,12-17,32H2,1H3/t18?,23-,24+,28+/m1/s1. The van der Waals surface area contributed by atoms with Gasteiger partial charge in [0.1, 0.15) is 11.6 Å². The van der Waals surface area contributed by atoms with Gasteiger partial charge in [-0.1, -0.05) is 35.9 Å². The molecule has 2 saturated heterocycles. The second kappa shape index (κ2) is 12.3. The minimum atomic E-state index is -1.56. The van der Waals surface area contributed by atoms with Crippen molar-refractivity contribution in [2.75, 3.05) is 39.9 Å². The van der Waals surface area contributed by atoms with Gasteiger partial charge in [0.15, 0.2) is 0 Å². The molecule has 208 valence electrons. The highest BCUT2D eigenvalue weighted by Gasteiger charge is 2.44. The Morgan fingerprint density at radius 2 is 1.92 bits per heavy atom. The maximum absolute atomic E-state index is 15.4. The zero-order valence-corrected chi connectivity index (χ0v) is 22.3. The third-order valence-electron chi connectivity index (χ3n) is 7.83. The molecule has 0 bridgehead atoms. The van der Waals surface area contributed by atoms with Crippen molar-refractivity contribution in [3.63, 3.8) is 0 Å². The van der Waals surface area contributed by atoms with E-state index in [9.17, 15) is 15.0 Å². The number of aliphatic hydroxyl groups excluding tert-OH is 1. The predicted molar refractivity (Wildman–Crippen MR) is 142 cm³/mol. The average molecular weight is 552 g/mol. The molecular formula is C28H36ClF2N3O4. The molecule has 1 unspecified atom stereocenters. The van der Waals surface area contributed by atoms with Crippen molar-refractivity contribution >= 4 is 17.6 Å². The summed E-state index contributed by atoms with van der Waals surface area (Å²) in [5, 5.41) is 22.3. The molecule has 2 heterocycles. The second-order valence-electron chi connectivity index (χ2n) is 10.3. The van der Waals surface area contributed by atoms with Crippen LogP contribution in [0.3, 0.4) is 0 Å². The van der Waals surface area contributed by atoms with Crippen molar-refractivity contribution in [1.29, 1.82) is 0 Å². The van der Waals surface area contributed by atoms with Gasteiger partial charge in [-0.2, -0.15) is 0 Å². The zero-order valence-electron chi connectivity index (χ0n) is 21.6. The smallest absolute Gasteiger partial charge is 0.320 e. The number of aliphatic hydroxyl groups is 2. The van der Waals surface area contributed by atoms with E-state index in [-0.39, 0.29) is 53.8 Å². The molecule has 2 aromatic carbocycles. The number of amides is 2. The number of halogens is 3. The van der Waals surface area contributed by atoms with Crippen LogP contribution in [-0.2, 0) is 10.3 Å².